The predicted molar refractivity (Wildman–Crippen MR) is 65.2 cm³/mol. The minimum Gasteiger partial charge on any atom is -0.332 e. The van der Waals surface area contributed by atoms with Crippen LogP contribution in [0.25, 0.3) is 10.2 Å². The number of pyridine rings is 1. The molecule has 0 saturated heterocycles. The molecule has 0 spiro atoms. The van der Waals surface area contributed by atoms with Gasteiger partial charge in [-0.3, -0.25) is 9.59 Å². The van der Waals surface area contributed by atoms with E-state index >= 15 is 0 Å². The Bertz CT molecular complexity index is 635. The van der Waals surface area contributed by atoms with Crippen molar-refractivity contribution < 1.29 is 9.59 Å². The maximum Gasteiger partial charge on any atom is 0.266 e. The summed E-state index contributed by atoms with van der Waals surface area (Å²) in [5.74, 6) is -0.315. The van der Waals surface area contributed by atoms with Crippen LogP contribution in [0, 0.1) is 0 Å². The molecule has 1 N–H and O–H groups in total. The fraction of sp³-hybridized carbons (Fsp3) is 0.182. The molecule has 2 amide bonds. The third kappa shape index (κ3) is 1.49. The standard InChI is InChI=1S/C11H9N3O2S/c1-14-5-7(15)13-8-6-3-2-4-12-10(6)17-9(8)11(14)16/h2-4H,5H2,1H3,(H,13,15). The first kappa shape index (κ1) is 10.2. The van der Waals surface area contributed by atoms with Gasteiger partial charge in [-0.15, -0.1) is 11.3 Å². The molecule has 17 heavy (non-hydrogen) atoms. The van der Waals surface area contributed by atoms with Gasteiger partial charge in [0, 0.05) is 18.6 Å². The Labute approximate surface area is 101 Å². The van der Waals surface area contributed by atoms with Crippen molar-refractivity contribution in [3.8, 4) is 0 Å². The Morgan fingerprint density at radius 3 is 3.12 bits per heavy atom. The average Bonchev–Trinajstić information content (AvgIpc) is 2.62. The van der Waals surface area contributed by atoms with Gasteiger partial charge in [-0.2, -0.15) is 0 Å². The van der Waals surface area contributed by atoms with E-state index in [4.69, 9.17) is 0 Å². The van der Waals surface area contributed by atoms with Crippen LogP contribution in [-0.4, -0.2) is 35.3 Å². The number of amides is 2. The van der Waals surface area contributed by atoms with Crippen molar-refractivity contribution in [2.45, 2.75) is 0 Å². The molecular weight excluding hydrogens is 238 g/mol. The summed E-state index contributed by atoms with van der Waals surface area (Å²) in [5.41, 5.74) is 0.595. The van der Waals surface area contributed by atoms with Crippen molar-refractivity contribution in [2.24, 2.45) is 0 Å². The number of hydrogen-bond donors (Lipinski definition) is 1. The Hall–Kier alpha value is -1.95. The van der Waals surface area contributed by atoms with E-state index in [2.05, 4.69) is 10.3 Å². The summed E-state index contributed by atoms with van der Waals surface area (Å²) < 4.78 is 0. The predicted octanol–water partition coefficient (Wildman–Crippen LogP) is 1.32. The van der Waals surface area contributed by atoms with Crippen molar-refractivity contribution in [2.75, 3.05) is 18.9 Å². The summed E-state index contributed by atoms with van der Waals surface area (Å²) in [4.78, 5) is 30.6. The van der Waals surface area contributed by atoms with E-state index in [1.807, 2.05) is 6.07 Å². The van der Waals surface area contributed by atoms with E-state index in [1.54, 1.807) is 19.3 Å². The van der Waals surface area contributed by atoms with Crippen molar-refractivity contribution in [3.05, 3.63) is 23.2 Å². The summed E-state index contributed by atoms with van der Waals surface area (Å²) >= 11 is 1.31. The van der Waals surface area contributed by atoms with Gasteiger partial charge in [-0.1, -0.05) is 0 Å². The number of carbonyl (C=O) groups is 2. The van der Waals surface area contributed by atoms with E-state index < -0.39 is 0 Å². The quantitative estimate of drug-likeness (QED) is 0.763. The number of fused-ring (bicyclic) bond motifs is 3. The second-order valence-corrected chi connectivity index (χ2v) is 4.87. The average molecular weight is 247 g/mol. The van der Waals surface area contributed by atoms with Crippen molar-refractivity contribution in [1.29, 1.82) is 0 Å². The fourth-order valence-electron chi connectivity index (χ4n) is 1.85. The van der Waals surface area contributed by atoms with E-state index in [1.165, 1.54) is 16.2 Å². The molecule has 0 radical (unpaired) electrons. The molecule has 0 unspecified atom stereocenters. The van der Waals surface area contributed by atoms with Gasteiger partial charge in [-0.05, 0) is 12.1 Å². The summed E-state index contributed by atoms with van der Waals surface area (Å²) in [6.45, 7) is 0.0853. The lowest BCUT2D eigenvalue weighted by atomic mass is 10.2. The molecule has 5 nitrogen and oxygen atoms in total. The van der Waals surface area contributed by atoms with Gasteiger partial charge >= 0.3 is 0 Å². The highest BCUT2D eigenvalue weighted by atomic mass is 32.1. The van der Waals surface area contributed by atoms with E-state index in [9.17, 15) is 9.59 Å². The van der Waals surface area contributed by atoms with Crippen molar-refractivity contribution >= 4 is 39.1 Å². The number of likely N-dealkylation sites (N-methyl/N-ethyl adjacent to an activating group) is 1. The van der Waals surface area contributed by atoms with E-state index in [0.29, 0.717) is 10.6 Å². The molecule has 0 aliphatic carbocycles. The number of anilines is 1. The molecule has 86 valence electrons. The molecule has 3 heterocycles. The Kier molecular flexibility index (Phi) is 2.12. The van der Waals surface area contributed by atoms with Crippen LogP contribution in [0.1, 0.15) is 9.67 Å². The van der Waals surface area contributed by atoms with E-state index in [0.717, 1.165) is 10.2 Å². The van der Waals surface area contributed by atoms with Crippen molar-refractivity contribution in [3.63, 3.8) is 0 Å². The van der Waals surface area contributed by atoms with Crippen LogP contribution in [0.15, 0.2) is 18.3 Å². The third-order valence-electron chi connectivity index (χ3n) is 2.65. The topological polar surface area (TPSA) is 62.3 Å². The highest BCUT2D eigenvalue weighted by Crippen LogP contribution is 2.36. The number of nitrogens with one attached hydrogen (secondary N) is 1. The van der Waals surface area contributed by atoms with Gasteiger partial charge in [0.2, 0.25) is 5.91 Å². The van der Waals surface area contributed by atoms with Gasteiger partial charge in [0.1, 0.15) is 9.71 Å². The van der Waals surface area contributed by atoms with Gasteiger partial charge in [0.15, 0.2) is 0 Å². The molecule has 1 aliphatic heterocycles. The van der Waals surface area contributed by atoms with Gasteiger partial charge in [0.25, 0.3) is 5.91 Å². The zero-order valence-electron chi connectivity index (χ0n) is 9.06. The maximum atomic E-state index is 12.1. The smallest absolute Gasteiger partial charge is 0.266 e. The number of aromatic nitrogens is 1. The van der Waals surface area contributed by atoms with E-state index in [-0.39, 0.29) is 18.4 Å². The molecule has 0 bridgehead atoms. The third-order valence-corrected chi connectivity index (χ3v) is 3.75. The Balaban J connectivity index is 2.30. The summed E-state index contributed by atoms with van der Waals surface area (Å²) in [7, 11) is 1.62. The normalized spacial score (nSPS) is 15.7. The Morgan fingerprint density at radius 2 is 2.29 bits per heavy atom. The zero-order chi connectivity index (χ0) is 12.0. The minimum absolute atomic E-state index is 0.0853. The second-order valence-electron chi connectivity index (χ2n) is 3.87. The molecule has 0 saturated carbocycles. The molecule has 1 aliphatic rings. The summed E-state index contributed by atoms with van der Waals surface area (Å²) in [6, 6.07) is 3.65. The lowest BCUT2D eigenvalue weighted by Crippen LogP contribution is -2.31. The maximum absolute atomic E-state index is 12.1. The van der Waals surface area contributed by atoms with Crippen LogP contribution in [-0.2, 0) is 4.79 Å². The minimum atomic E-state index is -0.178. The van der Waals surface area contributed by atoms with Crippen molar-refractivity contribution in [1.82, 2.24) is 9.88 Å². The summed E-state index contributed by atoms with van der Waals surface area (Å²) in [6.07, 6.45) is 1.67. The van der Waals surface area contributed by atoms with Crippen LogP contribution in [0.2, 0.25) is 0 Å². The lowest BCUT2D eigenvalue weighted by molar-refractivity contribution is -0.116. The number of thiophene rings is 1. The first-order valence-electron chi connectivity index (χ1n) is 5.09. The Morgan fingerprint density at radius 1 is 1.47 bits per heavy atom. The molecule has 0 aromatic carbocycles. The van der Waals surface area contributed by atoms with Crippen LogP contribution < -0.4 is 5.32 Å². The second kappa shape index (κ2) is 3.53. The molecule has 3 rings (SSSR count). The molecule has 0 atom stereocenters. The van der Waals surface area contributed by atoms with Gasteiger partial charge < -0.3 is 10.2 Å². The van der Waals surface area contributed by atoms with Gasteiger partial charge in [-0.25, -0.2) is 4.98 Å². The molecule has 2 aromatic heterocycles. The SMILES string of the molecule is CN1CC(=O)Nc2c(sc3ncccc23)C1=O. The lowest BCUT2D eigenvalue weighted by Gasteiger charge is -2.10. The highest BCUT2D eigenvalue weighted by Gasteiger charge is 2.27. The number of rotatable bonds is 0. The van der Waals surface area contributed by atoms with Crippen LogP contribution >= 0.6 is 11.3 Å². The molecule has 2 aromatic rings. The largest absolute Gasteiger partial charge is 0.332 e. The molecule has 0 fully saturated rings. The molecule has 6 heteroatoms. The van der Waals surface area contributed by atoms with Crippen LogP contribution in [0.5, 0.6) is 0 Å². The fourth-order valence-corrected chi connectivity index (χ4v) is 2.94. The summed E-state index contributed by atoms with van der Waals surface area (Å²) in [5, 5.41) is 3.60. The van der Waals surface area contributed by atoms with Crippen LogP contribution in [0.3, 0.4) is 0 Å². The number of carbonyl (C=O) groups excluding carboxylic acids is 2. The van der Waals surface area contributed by atoms with Gasteiger partial charge in [0.05, 0.1) is 12.2 Å². The highest BCUT2D eigenvalue weighted by molar-refractivity contribution is 7.21. The zero-order valence-corrected chi connectivity index (χ0v) is 9.87. The van der Waals surface area contributed by atoms with Crippen LogP contribution in [0.4, 0.5) is 5.69 Å². The monoisotopic (exact) mass is 247 g/mol. The molecular formula is C11H9N3O2S. The number of nitrogens with zero attached hydrogens (tertiary/aromatic N) is 2. The number of hydrogen-bond acceptors (Lipinski definition) is 4. The first-order valence-corrected chi connectivity index (χ1v) is 5.91. The first-order chi connectivity index (χ1) is 8.16.